The number of hydrogen-bond donors (Lipinski definition) is 1. The summed E-state index contributed by atoms with van der Waals surface area (Å²) >= 11 is 0. The highest BCUT2D eigenvalue weighted by Gasteiger charge is 2.13. The van der Waals surface area contributed by atoms with Crippen molar-refractivity contribution in [3.05, 3.63) is 77.3 Å². The van der Waals surface area contributed by atoms with E-state index in [1.54, 1.807) is 13.4 Å². The van der Waals surface area contributed by atoms with E-state index in [2.05, 4.69) is 28.8 Å². The smallest absolute Gasteiger partial charge is 0.176 e. The fourth-order valence-corrected chi connectivity index (χ4v) is 3.51. The number of hydrogen-bond acceptors (Lipinski definition) is 5. The van der Waals surface area contributed by atoms with Crippen LogP contribution >= 0.6 is 0 Å². The molecule has 4 aromatic rings. The van der Waals surface area contributed by atoms with Crippen molar-refractivity contribution in [2.24, 2.45) is 4.99 Å². The first kappa shape index (κ1) is 21.6. The predicted octanol–water partition coefficient (Wildman–Crippen LogP) is 4.44. The van der Waals surface area contributed by atoms with E-state index in [0.717, 1.165) is 28.1 Å². The molecule has 2 aromatic carbocycles. The monoisotopic (exact) mass is 431 g/mol. The second-order valence-corrected chi connectivity index (χ2v) is 7.91. The summed E-state index contributed by atoms with van der Waals surface area (Å²) in [6, 6.07) is 16.1. The van der Waals surface area contributed by atoms with Gasteiger partial charge in [-0.3, -0.25) is 4.99 Å². The van der Waals surface area contributed by atoms with Crippen molar-refractivity contribution < 1.29 is 9.47 Å². The predicted molar refractivity (Wildman–Crippen MR) is 125 cm³/mol. The molecule has 2 aromatic heterocycles. The molecule has 32 heavy (non-hydrogen) atoms. The van der Waals surface area contributed by atoms with Crippen molar-refractivity contribution in [3.63, 3.8) is 0 Å². The molecule has 0 aliphatic carbocycles. The van der Waals surface area contributed by atoms with Crippen LogP contribution in [-0.2, 0) is 13.2 Å². The molecule has 7 nitrogen and oxygen atoms in total. The minimum absolute atomic E-state index is 0.282. The van der Waals surface area contributed by atoms with Crippen molar-refractivity contribution in [2.75, 3.05) is 13.7 Å². The van der Waals surface area contributed by atoms with E-state index in [0.29, 0.717) is 36.7 Å². The number of benzene rings is 2. The van der Waals surface area contributed by atoms with Crippen LogP contribution in [0.3, 0.4) is 0 Å². The lowest BCUT2D eigenvalue weighted by molar-refractivity contribution is 0.284. The van der Waals surface area contributed by atoms with Crippen molar-refractivity contribution in [1.29, 1.82) is 0 Å². The van der Waals surface area contributed by atoms with E-state index >= 15 is 0 Å². The van der Waals surface area contributed by atoms with Crippen LogP contribution in [0.15, 0.2) is 59.9 Å². The first-order chi connectivity index (χ1) is 15.6. The quantitative estimate of drug-likeness (QED) is 0.447. The second kappa shape index (κ2) is 9.68. The summed E-state index contributed by atoms with van der Waals surface area (Å²) in [4.78, 5) is 17.3. The zero-order valence-corrected chi connectivity index (χ0v) is 19.0. The summed E-state index contributed by atoms with van der Waals surface area (Å²) in [5.74, 6) is 2.62. The van der Waals surface area contributed by atoms with Crippen LogP contribution in [0, 0.1) is 0 Å². The van der Waals surface area contributed by atoms with E-state index in [1.807, 2.05) is 60.0 Å². The number of methoxy groups -OCH3 is 1. The van der Waals surface area contributed by atoms with E-state index < -0.39 is 0 Å². The van der Waals surface area contributed by atoms with Crippen molar-refractivity contribution in [3.8, 4) is 11.5 Å². The molecular formula is C25H29N5O2. The normalized spacial score (nSPS) is 12.0. The molecule has 1 N–H and O–H groups in total. The fraction of sp³-hybridized carbons (Fsp3) is 0.320. The number of nitrogens with one attached hydrogen (secondary N) is 1. The van der Waals surface area contributed by atoms with Crippen molar-refractivity contribution in [1.82, 2.24) is 19.5 Å². The van der Waals surface area contributed by atoms with Gasteiger partial charge in [-0.25, -0.2) is 9.97 Å². The van der Waals surface area contributed by atoms with Crippen LogP contribution < -0.4 is 15.0 Å². The highest BCUT2D eigenvalue weighted by atomic mass is 16.5. The van der Waals surface area contributed by atoms with Gasteiger partial charge in [0.1, 0.15) is 17.9 Å². The molecule has 0 aliphatic heterocycles. The van der Waals surface area contributed by atoms with Crippen LogP contribution in [-0.4, -0.2) is 33.2 Å². The van der Waals surface area contributed by atoms with Gasteiger partial charge in [0.15, 0.2) is 22.6 Å². The molecule has 0 spiro atoms. The molecule has 0 atom stereocenters. The van der Waals surface area contributed by atoms with E-state index in [1.165, 1.54) is 0 Å². The number of fused-ring (bicyclic) bond motifs is 1. The van der Waals surface area contributed by atoms with Crippen LogP contribution in [0.25, 0.3) is 11.2 Å². The van der Waals surface area contributed by atoms with Crippen molar-refractivity contribution in [2.45, 2.75) is 39.8 Å². The Morgan fingerprint density at radius 2 is 1.88 bits per heavy atom. The Morgan fingerprint density at radius 1 is 1.06 bits per heavy atom. The Bertz CT molecular complexity index is 1260. The molecule has 0 saturated heterocycles. The molecule has 7 heteroatoms. The van der Waals surface area contributed by atoms with Gasteiger partial charge in [0.2, 0.25) is 0 Å². The van der Waals surface area contributed by atoms with Gasteiger partial charge in [-0.2, -0.15) is 0 Å². The third-order valence-electron chi connectivity index (χ3n) is 5.19. The first-order valence-corrected chi connectivity index (χ1v) is 10.9. The highest BCUT2D eigenvalue weighted by molar-refractivity contribution is 5.69. The Kier molecular flexibility index (Phi) is 6.54. The lowest BCUT2D eigenvalue weighted by Crippen LogP contribution is -2.15. The third-order valence-corrected chi connectivity index (χ3v) is 5.19. The zero-order valence-electron chi connectivity index (χ0n) is 19.0. The molecule has 0 amide bonds. The maximum absolute atomic E-state index is 6.08. The maximum atomic E-state index is 6.08. The number of imidazole rings is 1. The summed E-state index contributed by atoms with van der Waals surface area (Å²) in [7, 11) is 1.65. The number of rotatable bonds is 8. The van der Waals surface area contributed by atoms with Gasteiger partial charge in [0.05, 0.1) is 20.0 Å². The molecular weight excluding hydrogens is 402 g/mol. The largest absolute Gasteiger partial charge is 0.493 e. The number of aromatic nitrogens is 4. The molecule has 166 valence electrons. The average Bonchev–Trinajstić information content (AvgIpc) is 3.27. The van der Waals surface area contributed by atoms with Gasteiger partial charge >= 0.3 is 0 Å². The Balaban J connectivity index is 1.66. The number of ether oxygens (including phenoxy) is 2. The molecule has 0 bridgehead atoms. The van der Waals surface area contributed by atoms with Gasteiger partial charge in [0, 0.05) is 12.5 Å². The lowest BCUT2D eigenvalue weighted by atomic mass is 10.2. The minimum Gasteiger partial charge on any atom is -0.493 e. The number of nitrogens with zero attached hydrogens (tertiary/aromatic N) is 4. The molecule has 0 fully saturated rings. The van der Waals surface area contributed by atoms with Gasteiger partial charge < -0.3 is 19.0 Å². The Hall–Kier alpha value is -3.61. The molecule has 0 radical (unpaired) electrons. The average molecular weight is 432 g/mol. The van der Waals surface area contributed by atoms with Gasteiger partial charge in [0.25, 0.3) is 0 Å². The molecule has 0 saturated carbocycles. The Morgan fingerprint density at radius 3 is 2.59 bits per heavy atom. The summed E-state index contributed by atoms with van der Waals surface area (Å²) in [6.45, 7) is 7.98. The van der Waals surface area contributed by atoms with Gasteiger partial charge in [-0.15, -0.1) is 0 Å². The van der Waals surface area contributed by atoms with E-state index in [9.17, 15) is 0 Å². The number of aromatic amines is 1. The van der Waals surface area contributed by atoms with Crippen LogP contribution in [0.1, 0.15) is 43.6 Å². The Labute approximate surface area is 187 Å². The van der Waals surface area contributed by atoms with Gasteiger partial charge in [-0.05, 0) is 30.2 Å². The highest BCUT2D eigenvalue weighted by Crippen LogP contribution is 2.29. The minimum atomic E-state index is 0.282. The topological polar surface area (TPSA) is 77.3 Å². The maximum Gasteiger partial charge on any atom is 0.176 e. The van der Waals surface area contributed by atoms with Crippen LogP contribution in [0.4, 0.5) is 0 Å². The zero-order chi connectivity index (χ0) is 22.5. The van der Waals surface area contributed by atoms with E-state index in [-0.39, 0.29) is 5.92 Å². The van der Waals surface area contributed by atoms with Crippen molar-refractivity contribution >= 4 is 11.2 Å². The third kappa shape index (κ3) is 4.66. The van der Waals surface area contributed by atoms with Gasteiger partial charge in [-0.1, -0.05) is 50.2 Å². The van der Waals surface area contributed by atoms with Crippen LogP contribution in [0.5, 0.6) is 11.5 Å². The SMILES string of the molecule is CCN=c1ncn(Cc2ccc(OC)c(OCc3ccccc3)c2)c2nc(C(C)C)[nH]c12. The van der Waals surface area contributed by atoms with Crippen LogP contribution in [0.2, 0.25) is 0 Å². The molecule has 0 aliphatic rings. The summed E-state index contributed by atoms with van der Waals surface area (Å²) in [6.07, 6.45) is 1.80. The van der Waals surface area contributed by atoms with E-state index in [4.69, 9.17) is 14.5 Å². The number of H-pyrrole nitrogens is 1. The molecule has 4 rings (SSSR count). The lowest BCUT2D eigenvalue weighted by Gasteiger charge is -2.13. The molecule has 0 unspecified atom stereocenters. The fourth-order valence-electron chi connectivity index (χ4n) is 3.51. The standard InChI is InChI=1S/C25H29N5O2/c1-5-26-24-22-25(29-23(28-22)17(2)3)30(16-27-24)14-19-11-12-20(31-4)21(13-19)32-15-18-9-7-6-8-10-18/h6-13,16-17H,5,14-15H2,1-4H3,(H,28,29). The first-order valence-electron chi connectivity index (χ1n) is 10.9. The molecule has 2 heterocycles. The summed E-state index contributed by atoms with van der Waals surface area (Å²) in [5.41, 5.74) is 4.58. The second-order valence-electron chi connectivity index (χ2n) is 7.91. The summed E-state index contributed by atoms with van der Waals surface area (Å²) < 4.78 is 13.6. The summed E-state index contributed by atoms with van der Waals surface area (Å²) in [5, 5.41) is 0.